The highest BCUT2D eigenvalue weighted by Gasteiger charge is 2.20. The number of para-hydroxylation sites is 1. The predicted octanol–water partition coefficient (Wildman–Crippen LogP) is 3.30. The molecule has 0 saturated carbocycles. The number of hydrogen-bond acceptors (Lipinski definition) is 7. The summed E-state index contributed by atoms with van der Waals surface area (Å²) < 4.78 is 8.11. The highest BCUT2D eigenvalue weighted by Crippen LogP contribution is 2.23. The van der Waals surface area contributed by atoms with Gasteiger partial charge in [-0.2, -0.15) is 4.99 Å². The van der Waals surface area contributed by atoms with E-state index in [1.54, 1.807) is 0 Å². The van der Waals surface area contributed by atoms with E-state index in [1.165, 1.54) is 11.3 Å². The van der Waals surface area contributed by atoms with Crippen molar-refractivity contribution < 1.29 is 19.4 Å². The molecule has 3 aromatic rings. The summed E-state index contributed by atoms with van der Waals surface area (Å²) in [4.78, 5) is 37.7. The van der Waals surface area contributed by atoms with Crippen LogP contribution in [0.2, 0.25) is 0 Å². The molecule has 0 N–H and O–H groups in total. The van der Waals surface area contributed by atoms with Gasteiger partial charge in [-0.3, -0.25) is 25.0 Å². The number of carbonyl (C=O) groups excluding carboxylic acids is 1. The van der Waals surface area contributed by atoms with Crippen LogP contribution in [0.1, 0.15) is 17.3 Å². The summed E-state index contributed by atoms with van der Waals surface area (Å²) in [5.74, 6) is -0.798. The number of nitro groups is 2. The van der Waals surface area contributed by atoms with Crippen LogP contribution in [0, 0.1) is 20.2 Å². The lowest BCUT2D eigenvalue weighted by Gasteiger charge is -2.05. The molecule has 0 atom stereocenters. The Balaban J connectivity index is 2.09. The molecule has 0 bridgehead atoms. The van der Waals surface area contributed by atoms with Crippen LogP contribution in [0.5, 0.6) is 0 Å². The van der Waals surface area contributed by atoms with E-state index in [0.717, 1.165) is 28.4 Å². The van der Waals surface area contributed by atoms with Crippen LogP contribution in [0.3, 0.4) is 0 Å². The van der Waals surface area contributed by atoms with Crippen LogP contribution in [0.15, 0.2) is 47.5 Å². The summed E-state index contributed by atoms with van der Waals surface area (Å²) in [6.45, 7) is 3.30. The van der Waals surface area contributed by atoms with E-state index in [-0.39, 0.29) is 5.56 Å². The minimum atomic E-state index is -0.798. The Hall–Kier alpha value is -3.44. The fourth-order valence-electron chi connectivity index (χ4n) is 2.70. The van der Waals surface area contributed by atoms with Crippen LogP contribution in [0.25, 0.3) is 10.2 Å². The lowest BCUT2D eigenvalue weighted by atomic mass is 10.1. The predicted molar refractivity (Wildman–Crippen MR) is 106 cm³/mol. The largest absolute Gasteiger partial charge is 0.380 e. The molecule has 150 valence electrons. The fraction of sp³-hybridized carbons (Fsp3) is 0.222. The van der Waals surface area contributed by atoms with Crippen LogP contribution >= 0.6 is 11.3 Å². The van der Waals surface area contributed by atoms with Gasteiger partial charge in [-0.15, -0.1) is 0 Å². The Morgan fingerprint density at radius 3 is 2.41 bits per heavy atom. The number of nitro benzene ring substituents is 2. The molecule has 1 aromatic heterocycles. The molecule has 11 heteroatoms. The molecule has 0 saturated heterocycles. The van der Waals surface area contributed by atoms with E-state index in [4.69, 9.17) is 4.74 Å². The van der Waals surface area contributed by atoms with Crippen molar-refractivity contribution in [1.82, 2.24) is 4.57 Å². The summed E-state index contributed by atoms with van der Waals surface area (Å²) in [5.41, 5.74) is -0.440. The summed E-state index contributed by atoms with van der Waals surface area (Å²) >= 11 is 1.28. The number of aromatic nitrogens is 1. The van der Waals surface area contributed by atoms with Gasteiger partial charge in [-0.1, -0.05) is 23.5 Å². The number of fused-ring (bicyclic) bond motifs is 1. The Labute approximate surface area is 168 Å². The number of rotatable bonds is 7. The third-order valence-electron chi connectivity index (χ3n) is 4.02. The second kappa shape index (κ2) is 8.71. The number of carbonyl (C=O) groups is 1. The van der Waals surface area contributed by atoms with Gasteiger partial charge in [0.05, 0.1) is 38.3 Å². The average molecular weight is 416 g/mol. The number of non-ortho nitro benzene ring substituents is 2. The second-order valence-electron chi connectivity index (χ2n) is 5.87. The van der Waals surface area contributed by atoms with E-state index in [1.807, 2.05) is 35.8 Å². The van der Waals surface area contributed by atoms with Gasteiger partial charge in [0, 0.05) is 25.3 Å². The highest BCUT2D eigenvalue weighted by molar-refractivity contribution is 7.16. The average Bonchev–Trinajstić information content (AvgIpc) is 3.05. The van der Waals surface area contributed by atoms with Gasteiger partial charge in [0.25, 0.3) is 17.3 Å². The number of nitrogens with zero attached hydrogens (tertiary/aromatic N) is 4. The molecule has 0 aliphatic carbocycles. The molecular weight excluding hydrogens is 400 g/mol. The van der Waals surface area contributed by atoms with Crippen molar-refractivity contribution in [2.24, 2.45) is 4.99 Å². The topological polar surface area (TPSA) is 130 Å². The zero-order valence-electron chi connectivity index (χ0n) is 15.3. The fourth-order valence-corrected chi connectivity index (χ4v) is 3.76. The Bertz CT molecular complexity index is 1130. The zero-order chi connectivity index (χ0) is 21.0. The zero-order valence-corrected chi connectivity index (χ0v) is 16.1. The molecule has 0 fully saturated rings. The molecule has 10 nitrogen and oxygen atoms in total. The maximum absolute atomic E-state index is 12.7. The first-order valence-corrected chi connectivity index (χ1v) is 9.41. The maximum atomic E-state index is 12.7. The Kier molecular flexibility index (Phi) is 6.10. The Morgan fingerprint density at radius 1 is 1.14 bits per heavy atom. The van der Waals surface area contributed by atoms with Gasteiger partial charge < -0.3 is 9.30 Å². The first-order chi connectivity index (χ1) is 13.9. The van der Waals surface area contributed by atoms with Crippen LogP contribution in [-0.2, 0) is 11.3 Å². The van der Waals surface area contributed by atoms with Crippen LogP contribution < -0.4 is 4.80 Å². The minimum Gasteiger partial charge on any atom is -0.380 e. The lowest BCUT2D eigenvalue weighted by Crippen LogP contribution is -2.19. The van der Waals surface area contributed by atoms with E-state index in [2.05, 4.69) is 4.99 Å². The van der Waals surface area contributed by atoms with E-state index >= 15 is 0 Å². The van der Waals surface area contributed by atoms with Crippen LogP contribution in [-0.4, -0.2) is 33.5 Å². The van der Waals surface area contributed by atoms with Gasteiger partial charge in [-0.05, 0) is 19.1 Å². The maximum Gasteiger partial charge on any atom is 0.280 e. The number of thiazole rings is 1. The van der Waals surface area contributed by atoms with Crippen molar-refractivity contribution in [2.45, 2.75) is 13.5 Å². The number of amides is 1. The summed E-state index contributed by atoms with van der Waals surface area (Å²) in [5, 5.41) is 22.1. The molecule has 29 heavy (non-hydrogen) atoms. The van der Waals surface area contributed by atoms with Gasteiger partial charge >= 0.3 is 0 Å². The van der Waals surface area contributed by atoms with Crippen molar-refractivity contribution in [1.29, 1.82) is 0 Å². The number of ether oxygens (including phenoxy) is 1. The smallest absolute Gasteiger partial charge is 0.280 e. The molecule has 1 heterocycles. The van der Waals surface area contributed by atoms with E-state index < -0.39 is 27.1 Å². The van der Waals surface area contributed by atoms with Crippen molar-refractivity contribution in [3.8, 4) is 0 Å². The first kappa shape index (κ1) is 20.3. The normalized spacial score (nSPS) is 11.7. The molecule has 2 aromatic carbocycles. The number of hydrogen-bond donors (Lipinski definition) is 0. The van der Waals surface area contributed by atoms with Crippen molar-refractivity contribution in [3.63, 3.8) is 0 Å². The molecule has 0 spiro atoms. The van der Waals surface area contributed by atoms with E-state index in [9.17, 15) is 25.0 Å². The lowest BCUT2D eigenvalue weighted by molar-refractivity contribution is -0.394. The highest BCUT2D eigenvalue weighted by atomic mass is 32.1. The second-order valence-corrected chi connectivity index (χ2v) is 6.88. The molecule has 3 rings (SSSR count). The third kappa shape index (κ3) is 4.52. The van der Waals surface area contributed by atoms with E-state index in [0.29, 0.717) is 24.6 Å². The summed E-state index contributed by atoms with van der Waals surface area (Å²) in [6.07, 6.45) is 0. The quantitative estimate of drug-likeness (QED) is 0.330. The molecule has 0 radical (unpaired) electrons. The first-order valence-electron chi connectivity index (χ1n) is 8.59. The van der Waals surface area contributed by atoms with Crippen molar-refractivity contribution in [3.05, 3.63) is 73.1 Å². The van der Waals surface area contributed by atoms with Gasteiger partial charge in [0.2, 0.25) is 0 Å². The summed E-state index contributed by atoms with van der Waals surface area (Å²) in [6, 6.07) is 10.3. The molecule has 1 amide bonds. The number of benzene rings is 2. The molecular formula is C18H16N4O6S. The SMILES string of the molecule is CCOCCn1c(=NC(=O)c2cc([N+](=O)[O-])cc([N+](=O)[O-])c2)sc2ccccc21. The van der Waals surface area contributed by atoms with Crippen molar-refractivity contribution in [2.75, 3.05) is 13.2 Å². The molecule has 0 aliphatic heterocycles. The van der Waals surface area contributed by atoms with Crippen molar-refractivity contribution >= 4 is 38.8 Å². The monoisotopic (exact) mass is 416 g/mol. The third-order valence-corrected chi connectivity index (χ3v) is 5.08. The Morgan fingerprint density at radius 2 is 1.79 bits per heavy atom. The van der Waals surface area contributed by atoms with Crippen LogP contribution in [0.4, 0.5) is 11.4 Å². The minimum absolute atomic E-state index is 0.222. The van der Waals surface area contributed by atoms with Gasteiger partial charge in [-0.25, -0.2) is 0 Å². The van der Waals surface area contributed by atoms with Gasteiger partial charge in [0.1, 0.15) is 0 Å². The summed E-state index contributed by atoms with van der Waals surface area (Å²) in [7, 11) is 0. The van der Waals surface area contributed by atoms with Gasteiger partial charge in [0.15, 0.2) is 4.80 Å². The molecule has 0 aliphatic rings. The standard InChI is InChI=1S/C18H16N4O6S/c1-2-28-8-7-20-15-5-3-4-6-16(15)29-18(20)19-17(23)12-9-13(21(24)25)11-14(10-12)22(26)27/h3-6,9-11H,2,7-8H2,1H3. The molecule has 0 unspecified atom stereocenters.